The van der Waals surface area contributed by atoms with Crippen LogP contribution in [0.25, 0.3) is 0 Å². The highest BCUT2D eigenvalue weighted by atomic mass is 16.2. The predicted octanol–water partition coefficient (Wildman–Crippen LogP) is 2.80. The fourth-order valence-corrected chi connectivity index (χ4v) is 2.60. The lowest BCUT2D eigenvalue weighted by Gasteiger charge is -2.29. The third kappa shape index (κ3) is 4.98. The highest BCUT2D eigenvalue weighted by molar-refractivity contribution is 4.74. The number of rotatable bonds is 6. The maximum Gasteiger partial charge on any atom is 0.0431 e. The molecule has 0 radical (unpaired) electrons. The summed E-state index contributed by atoms with van der Waals surface area (Å²) < 4.78 is 0. The van der Waals surface area contributed by atoms with Crippen LogP contribution in [0.5, 0.6) is 0 Å². The average Bonchev–Trinajstić information content (AvgIpc) is 2.49. The first-order chi connectivity index (χ1) is 7.38. The molecule has 1 aliphatic rings. The van der Waals surface area contributed by atoms with Gasteiger partial charge in [-0.15, -0.1) is 0 Å². The van der Waals surface area contributed by atoms with Gasteiger partial charge in [0.25, 0.3) is 0 Å². The van der Waals surface area contributed by atoms with Crippen LogP contribution in [0.3, 0.4) is 0 Å². The van der Waals surface area contributed by atoms with Gasteiger partial charge in [-0.25, -0.2) is 0 Å². The number of aliphatic hydroxyl groups excluding tert-OH is 1. The molecule has 1 unspecified atom stereocenters. The van der Waals surface area contributed by atoms with Gasteiger partial charge in [-0.1, -0.05) is 19.8 Å². The van der Waals surface area contributed by atoms with Crippen molar-refractivity contribution in [2.75, 3.05) is 19.7 Å². The summed E-state index contributed by atoms with van der Waals surface area (Å²) in [6.07, 6.45) is 10.4. The van der Waals surface area contributed by atoms with E-state index in [-0.39, 0.29) is 0 Å². The van der Waals surface area contributed by atoms with Crippen molar-refractivity contribution in [1.82, 2.24) is 4.90 Å². The van der Waals surface area contributed by atoms with Gasteiger partial charge in [-0.2, -0.15) is 0 Å². The summed E-state index contributed by atoms with van der Waals surface area (Å²) in [5.74, 6) is 0. The Kier molecular flexibility index (Phi) is 7.03. The molecule has 2 heteroatoms. The highest BCUT2D eigenvalue weighted by Gasteiger charge is 2.18. The van der Waals surface area contributed by atoms with E-state index < -0.39 is 0 Å². The van der Waals surface area contributed by atoms with Crippen LogP contribution in [0.2, 0.25) is 0 Å². The Morgan fingerprint density at radius 2 is 2.00 bits per heavy atom. The van der Waals surface area contributed by atoms with Gasteiger partial charge >= 0.3 is 0 Å². The van der Waals surface area contributed by atoms with Gasteiger partial charge in [0.1, 0.15) is 0 Å². The number of likely N-dealkylation sites (tertiary alicyclic amines) is 1. The predicted molar refractivity (Wildman–Crippen MR) is 65.1 cm³/mol. The van der Waals surface area contributed by atoms with Crippen molar-refractivity contribution in [2.24, 2.45) is 0 Å². The highest BCUT2D eigenvalue weighted by Crippen LogP contribution is 2.19. The van der Waals surface area contributed by atoms with Crippen molar-refractivity contribution in [1.29, 1.82) is 0 Å². The fraction of sp³-hybridized carbons (Fsp3) is 1.00. The Bertz CT molecular complexity index is 149. The average molecular weight is 213 g/mol. The third-order valence-electron chi connectivity index (χ3n) is 3.57. The molecule has 0 saturated carbocycles. The summed E-state index contributed by atoms with van der Waals surface area (Å²) in [6.45, 7) is 5.23. The van der Waals surface area contributed by atoms with E-state index in [2.05, 4.69) is 11.8 Å². The van der Waals surface area contributed by atoms with E-state index in [0.717, 1.165) is 12.5 Å². The van der Waals surface area contributed by atoms with E-state index in [1.807, 2.05) is 0 Å². The van der Waals surface area contributed by atoms with Crippen molar-refractivity contribution in [2.45, 2.75) is 64.3 Å². The van der Waals surface area contributed by atoms with Crippen LogP contribution in [0, 0.1) is 0 Å². The first kappa shape index (κ1) is 13.0. The van der Waals surface area contributed by atoms with Gasteiger partial charge in [0, 0.05) is 12.6 Å². The SMILES string of the molecule is CCC1CCCCCN1CCCCCO. The lowest BCUT2D eigenvalue weighted by Crippen LogP contribution is -2.35. The molecule has 1 aliphatic heterocycles. The maximum absolute atomic E-state index is 8.73. The molecule has 0 spiro atoms. The van der Waals surface area contributed by atoms with Crippen LogP contribution < -0.4 is 0 Å². The molecule has 1 N–H and O–H groups in total. The van der Waals surface area contributed by atoms with Crippen molar-refractivity contribution in [3.63, 3.8) is 0 Å². The lowest BCUT2D eigenvalue weighted by atomic mass is 10.1. The number of unbranched alkanes of at least 4 members (excludes halogenated alkanes) is 2. The van der Waals surface area contributed by atoms with Gasteiger partial charge in [-0.05, 0) is 51.6 Å². The molecule has 90 valence electrons. The molecule has 0 aliphatic carbocycles. The second-order valence-electron chi connectivity index (χ2n) is 4.73. The Balaban J connectivity index is 2.22. The second kappa shape index (κ2) is 8.12. The molecule has 1 atom stereocenters. The summed E-state index contributed by atoms with van der Waals surface area (Å²) >= 11 is 0. The Morgan fingerprint density at radius 1 is 1.13 bits per heavy atom. The molecular formula is C13H27NO. The molecule has 15 heavy (non-hydrogen) atoms. The van der Waals surface area contributed by atoms with E-state index in [9.17, 15) is 0 Å². The normalized spacial score (nSPS) is 24.0. The Labute approximate surface area is 94.7 Å². The van der Waals surface area contributed by atoms with E-state index in [1.54, 1.807) is 0 Å². The van der Waals surface area contributed by atoms with E-state index in [0.29, 0.717) is 6.61 Å². The minimum absolute atomic E-state index is 0.358. The minimum Gasteiger partial charge on any atom is -0.396 e. The first-order valence-corrected chi connectivity index (χ1v) is 6.73. The number of hydrogen-bond acceptors (Lipinski definition) is 2. The molecule has 1 heterocycles. The Hall–Kier alpha value is -0.0800. The van der Waals surface area contributed by atoms with Crippen LogP contribution in [-0.4, -0.2) is 35.7 Å². The Morgan fingerprint density at radius 3 is 2.73 bits per heavy atom. The monoisotopic (exact) mass is 213 g/mol. The first-order valence-electron chi connectivity index (χ1n) is 6.73. The topological polar surface area (TPSA) is 23.5 Å². The molecule has 0 aromatic heterocycles. The number of nitrogens with zero attached hydrogens (tertiary/aromatic N) is 1. The van der Waals surface area contributed by atoms with Gasteiger partial charge in [0.2, 0.25) is 0 Å². The maximum atomic E-state index is 8.73. The van der Waals surface area contributed by atoms with Gasteiger partial charge in [-0.3, -0.25) is 0 Å². The molecule has 1 rings (SSSR count). The van der Waals surface area contributed by atoms with E-state index in [1.165, 1.54) is 58.0 Å². The summed E-state index contributed by atoms with van der Waals surface area (Å²) in [5.41, 5.74) is 0. The molecule has 1 fully saturated rings. The van der Waals surface area contributed by atoms with Crippen LogP contribution in [0.1, 0.15) is 58.3 Å². The molecule has 0 amide bonds. The van der Waals surface area contributed by atoms with Crippen LogP contribution in [0.15, 0.2) is 0 Å². The fourth-order valence-electron chi connectivity index (χ4n) is 2.60. The lowest BCUT2D eigenvalue weighted by molar-refractivity contribution is 0.188. The number of hydrogen-bond donors (Lipinski definition) is 1. The summed E-state index contributed by atoms with van der Waals surface area (Å²) in [6, 6.07) is 0.835. The molecule has 1 saturated heterocycles. The van der Waals surface area contributed by atoms with Crippen LogP contribution in [-0.2, 0) is 0 Å². The van der Waals surface area contributed by atoms with Gasteiger partial charge in [0.05, 0.1) is 0 Å². The van der Waals surface area contributed by atoms with Crippen molar-refractivity contribution < 1.29 is 5.11 Å². The second-order valence-corrected chi connectivity index (χ2v) is 4.73. The zero-order valence-electron chi connectivity index (χ0n) is 10.2. The minimum atomic E-state index is 0.358. The van der Waals surface area contributed by atoms with Gasteiger partial charge in [0.15, 0.2) is 0 Å². The van der Waals surface area contributed by atoms with E-state index in [4.69, 9.17) is 5.11 Å². The molecular weight excluding hydrogens is 186 g/mol. The molecule has 0 bridgehead atoms. The molecule has 2 nitrogen and oxygen atoms in total. The quantitative estimate of drug-likeness (QED) is 0.686. The third-order valence-corrected chi connectivity index (χ3v) is 3.57. The van der Waals surface area contributed by atoms with E-state index >= 15 is 0 Å². The van der Waals surface area contributed by atoms with Crippen molar-refractivity contribution in [3.05, 3.63) is 0 Å². The van der Waals surface area contributed by atoms with Crippen LogP contribution in [0.4, 0.5) is 0 Å². The molecule has 0 aromatic carbocycles. The van der Waals surface area contributed by atoms with Crippen LogP contribution >= 0.6 is 0 Å². The summed E-state index contributed by atoms with van der Waals surface area (Å²) in [7, 11) is 0. The largest absolute Gasteiger partial charge is 0.396 e. The molecule has 0 aromatic rings. The zero-order valence-corrected chi connectivity index (χ0v) is 10.2. The summed E-state index contributed by atoms with van der Waals surface area (Å²) in [5, 5.41) is 8.73. The summed E-state index contributed by atoms with van der Waals surface area (Å²) in [4.78, 5) is 2.68. The smallest absolute Gasteiger partial charge is 0.0431 e. The number of aliphatic hydroxyl groups is 1. The van der Waals surface area contributed by atoms with Crippen molar-refractivity contribution >= 4 is 0 Å². The standard InChI is InChI=1S/C13H27NO/c1-2-13-9-5-3-6-10-14(13)11-7-4-8-12-15/h13,15H,2-12H2,1H3. The van der Waals surface area contributed by atoms with Gasteiger partial charge < -0.3 is 10.0 Å². The van der Waals surface area contributed by atoms with Crippen molar-refractivity contribution in [3.8, 4) is 0 Å². The zero-order chi connectivity index (χ0) is 10.9.